The van der Waals surface area contributed by atoms with Gasteiger partial charge in [0, 0.05) is 0 Å². The van der Waals surface area contributed by atoms with E-state index in [0.717, 1.165) is 11.8 Å². The number of ether oxygens (including phenoxy) is 1. The SMILES string of the molecule is CNC(C=O)c1ccc2c(c1)NC(=O)CO2. The molecule has 1 aromatic rings. The maximum Gasteiger partial charge on any atom is 0.262 e. The maximum atomic E-state index is 11.1. The number of anilines is 1. The van der Waals surface area contributed by atoms with E-state index in [-0.39, 0.29) is 18.6 Å². The molecule has 1 atom stereocenters. The summed E-state index contributed by atoms with van der Waals surface area (Å²) in [5.41, 5.74) is 1.40. The summed E-state index contributed by atoms with van der Waals surface area (Å²) in [5, 5.41) is 5.56. The Kier molecular flexibility index (Phi) is 2.87. The van der Waals surface area contributed by atoms with Crippen molar-refractivity contribution in [3.05, 3.63) is 23.8 Å². The van der Waals surface area contributed by atoms with Crippen molar-refractivity contribution in [2.45, 2.75) is 6.04 Å². The molecule has 1 aliphatic rings. The van der Waals surface area contributed by atoms with Crippen LogP contribution in [0.1, 0.15) is 11.6 Å². The lowest BCUT2D eigenvalue weighted by Crippen LogP contribution is -2.26. The summed E-state index contributed by atoms with van der Waals surface area (Å²) in [6.07, 6.45) is 0.813. The van der Waals surface area contributed by atoms with Gasteiger partial charge >= 0.3 is 0 Å². The van der Waals surface area contributed by atoms with E-state index >= 15 is 0 Å². The molecule has 0 spiro atoms. The number of nitrogens with one attached hydrogen (secondary N) is 2. The van der Waals surface area contributed by atoms with Crippen molar-refractivity contribution in [3.8, 4) is 5.75 Å². The Morgan fingerprint density at radius 1 is 1.56 bits per heavy atom. The molecule has 16 heavy (non-hydrogen) atoms. The van der Waals surface area contributed by atoms with Crippen LogP contribution >= 0.6 is 0 Å². The zero-order chi connectivity index (χ0) is 11.5. The highest BCUT2D eigenvalue weighted by Crippen LogP contribution is 2.29. The highest BCUT2D eigenvalue weighted by atomic mass is 16.5. The number of benzene rings is 1. The largest absolute Gasteiger partial charge is 0.482 e. The molecule has 1 heterocycles. The van der Waals surface area contributed by atoms with Crippen LogP contribution < -0.4 is 15.4 Å². The van der Waals surface area contributed by atoms with Gasteiger partial charge in [-0.25, -0.2) is 0 Å². The van der Waals surface area contributed by atoms with Gasteiger partial charge in [-0.1, -0.05) is 6.07 Å². The van der Waals surface area contributed by atoms with Gasteiger partial charge in [0.05, 0.1) is 11.7 Å². The molecular formula is C11H12N2O3. The first-order chi connectivity index (χ1) is 7.74. The fourth-order valence-corrected chi connectivity index (χ4v) is 1.61. The molecule has 0 saturated carbocycles. The van der Waals surface area contributed by atoms with Crippen molar-refractivity contribution < 1.29 is 14.3 Å². The smallest absolute Gasteiger partial charge is 0.262 e. The summed E-state index contributed by atoms with van der Waals surface area (Å²) in [5.74, 6) is 0.445. The number of aldehydes is 1. The summed E-state index contributed by atoms with van der Waals surface area (Å²) in [4.78, 5) is 21.9. The van der Waals surface area contributed by atoms with E-state index < -0.39 is 0 Å². The number of rotatable bonds is 3. The van der Waals surface area contributed by atoms with Gasteiger partial charge in [-0.05, 0) is 24.7 Å². The van der Waals surface area contributed by atoms with Crippen molar-refractivity contribution >= 4 is 17.9 Å². The van der Waals surface area contributed by atoms with E-state index in [1.807, 2.05) is 0 Å². The number of likely N-dealkylation sites (N-methyl/N-ethyl adjacent to an activating group) is 1. The van der Waals surface area contributed by atoms with Gasteiger partial charge in [-0.15, -0.1) is 0 Å². The van der Waals surface area contributed by atoms with Crippen molar-refractivity contribution in [2.24, 2.45) is 0 Å². The summed E-state index contributed by atoms with van der Waals surface area (Å²) in [6, 6.07) is 4.91. The molecule has 0 aliphatic carbocycles. The number of amides is 1. The molecule has 2 rings (SSSR count). The molecule has 5 heteroatoms. The average molecular weight is 220 g/mol. The van der Waals surface area contributed by atoms with Crippen LogP contribution in [0.5, 0.6) is 5.75 Å². The third-order valence-electron chi connectivity index (χ3n) is 2.44. The Labute approximate surface area is 92.8 Å². The molecule has 1 aliphatic heterocycles. The van der Waals surface area contributed by atoms with E-state index in [4.69, 9.17) is 4.74 Å². The molecule has 1 amide bonds. The second-order valence-corrected chi connectivity index (χ2v) is 3.49. The maximum absolute atomic E-state index is 11.1. The number of carbonyl (C=O) groups is 2. The van der Waals surface area contributed by atoms with Gasteiger partial charge in [-0.3, -0.25) is 4.79 Å². The van der Waals surface area contributed by atoms with E-state index in [0.29, 0.717) is 11.4 Å². The number of hydrogen-bond acceptors (Lipinski definition) is 4. The molecule has 5 nitrogen and oxygen atoms in total. The Bertz CT molecular complexity index is 431. The molecule has 2 N–H and O–H groups in total. The monoisotopic (exact) mass is 220 g/mol. The zero-order valence-electron chi connectivity index (χ0n) is 8.82. The number of fused-ring (bicyclic) bond motifs is 1. The van der Waals surface area contributed by atoms with Crippen LogP contribution in [0.25, 0.3) is 0 Å². The highest BCUT2D eigenvalue weighted by Gasteiger charge is 2.17. The van der Waals surface area contributed by atoms with Crippen molar-refractivity contribution in [1.29, 1.82) is 0 Å². The van der Waals surface area contributed by atoms with Crippen LogP contribution in [0.2, 0.25) is 0 Å². The first kappa shape index (κ1) is 10.6. The number of hydrogen-bond donors (Lipinski definition) is 2. The zero-order valence-corrected chi connectivity index (χ0v) is 8.82. The van der Waals surface area contributed by atoms with Crippen LogP contribution in [0.4, 0.5) is 5.69 Å². The van der Waals surface area contributed by atoms with Crippen LogP contribution in [-0.2, 0) is 9.59 Å². The summed E-state index contributed by atoms with van der Waals surface area (Å²) in [7, 11) is 1.70. The highest BCUT2D eigenvalue weighted by molar-refractivity contribution is 5.95. The van der Waals surface area contributed by atoms with Gasteiger partial charge in [-0.2, -0.15) is 0 Å². The van der Waals surface area contributed by atoms with Crippen LogP contribution in [0, 0.1) is 0 Å². The summed E-state index contributed by atoms with van der Waals surface area (Å²) >= 11 is 0. The Hall–Kier alpha value is -1.88. The lowest BCUT2D eigenvalue weighted by Gasteiger charge is -2.19. The lowest BCUT2D eigenvalue weighted by molar-refractivity contribution is -0.118. The fraction of sp³-hybridized carbons (Fsp3) is 0.273. The summed E-state index contributed by atoms with van der Waals surface area (Å²) < 4.78 is 5.22. The van der Waals surface area contributed by atoms with E-state index in [1.165, 1.54) is 0 Å². The standard InChI is InChI=1S/C11H12N2O3/c1-12-9(5-14)7-2-3-10-8(4-7)13-11(15)6-16-10/h2-5,9,12H,6H2,1H3,(H,13,15). The third kappa shape index (κ3) is 1.90. The molecule has 84 valence electrons. The first-order valence-corrected chi connectivity index (χ1v) is 4.93. The summed E-state index contributed by atoms with van der Waals surface area (Å²) in [6.45, 7) is 0.0372. The quantitative estimate of drug-likeness (QED) is 0.727. The van der Waals surface area contributed by atoms with Gasteiger partial charge in [0.1, 0.15) is 12.0 Å². The minimum atomic E-state index is -0.371. The Balaban J connectivity index is 2.34. The lowest BCUT2D eigenvalue weighted by atomic mass is 10.1. The second kappa shape index (κ2) is 4.32. The molecular weight excluding hydrogens is 208 g/mol. The normalized spacial score (nSPS) is 15.7. The van der Waals surface area contributed by atoms with Crippen molar-refractivity contribution in [3.63, 3.8) is 0 Å². The van der Waals surface area contributed by atoms with Crippen LogP contribution in [0.15, 0.2) is 18.2 Å². The molecule has 0 fully saturated rings. The Morgan fingerprint density at radius 3 is 3.06 bits per heavy atom. The molecule has 0 radical (unpaired) electrons. The van der Waals surface area contributed by atoms with E-state index in [1.54, 1.807) is 25.2 Å². The molecule has 0 aromatic heterocycles. The molecule has 1 unspecified atom stereocenters. The fourth-order valence-electron chi connectivity index (χ4n) is 1.61. The van der Waals surface area contributed by atoms with E-state index in [2.05, 4.69) is 10.6 Å². The van der Waals surface area contributed by atoms with E-state index in [9.17, 15) is 9.59 Å². The number of carbonyl (C=O) groups excluding carboxylic acids is 2. The van der Waals surface area contributed by atoms with Gasteiger partial charge in [0.2, 0.25) is 0 Å². The molecule has 1 aromatic carbocycles. The van der Waals surface area contributed by atoms with Crippen molar-refractivity contribution in [2.75, 3.05) is 19.0 Å². The van der Waals surface area contributed by atoms with Gasteiger partial charge < -0.3 is 20.2 Å². The predicted molar refractivity (Wildman–Crippen MR) is 58.4 cm³/mol. The van der Waals surface area contributed by atoms with Gasteiger partial charge in [0.15, 0.2) is 6.61 Å². The first-order valence-electron chi connectivity index (χ1n) is 4.93. The minimum Gasteiger partial charge on any atom is -0.482 e. The second-order valence-electron chi connectivity index (χ2n) is 3.49. The Morgan fingerprint density at radius 2 is 2.38 bits per heavy atom. The predicted octanol–water partition coefficient (Wildman–Crippen LogP) is 0.477. The van der Waals surface area contributed by atoms with Crippen molar-refractivity contribution in [1.82, 2.24) is 5.32 Å². The molecule has 0 saturated heterocycles. The third-order valence-corrected chi connectivity index (χ3v) is 2.44. The average Bonchev–Trinajstić information content (AvgIpc) is 2.30. The topological polar surface area (TPSA) is 67.4 Å². The van der Waals surface area contributed by atoms with Gasteiger partial charge in [0.25, 0.3) is 5.91 Å². The van der Waals surface area contributed by atoms with Crippen LogP contribution in [0.3, 0.4) is 0 Å². The van der Waals surface area contributed by atoms with Crippen LogP contribution in [-0.4, -0.2) is 25.8 Å². The molecule has 0 bridgehead atoms. The minimum absolute atomic E-state index is 0.0372.